The average molecular weight is 420 g/mol. The second-order valence-electron chi connectivity index (χ2n) is 4.66. The molecule has 1 atom stereocenters. The van der Waals surface area contributed by atoms with Crippen molar-refractivity contribution in [3.8, 4) is 0 Å². The quantitative estimate of drug-likeness (QED) is 0.566. The summed E-state index contributed by atoms with van der Waals surface area (Å²) in [5, 5.41) is 5.73. The monoisotopic (exact) mass is 420 g/mol. The third-order valence-electron chi connectivity index (χ3n) is 2.78. The Labute approximate surface area is 156 Å². The Bertz CT molecular complexity index is 885. The van der Waals surface area contributed by atoms with Crippen LogP contribution in [0.2, 0.25) is 0 Å². The maximum atomic E-state index is 12.8. The summed E-state index contributed by atoms with van der Waals surface area (Å²) in [6.45, 7) is 0. The minimum absolute atomic E-state index is 0.404. The van der Waals surface area contributed by atoms with Crippen molar-refractivity contribution < 1.29 is 35.7 Å². The lowest BCUT2D eigenvalue weighted by Crippen LogP contribution is -2.19. The number of hydrogen-bond donors (Lipinski definition) is 2. The van der Waals surface area contributed by atoms with Crippen LogP contribution in [0.5, 0.6) is 0 Å². The van der Waals surface area contributed by atoms with Crippen LogP contribution in [0, 0.1) is 0 Å². The first-order chi connectivity index (χ1) is 12.6. The van der Waals surface area contributed by atoms with Crippen molar-refractivity contribution in [2.24, 2.45) is 0 Å². The highest BCUT2D eigenvalue weighted by Gasteiger charge is 2.32. The average Bonchev–Trinajstić information content (AvgIpc) is 3.06. The van der Waals surface area contributed by atoms with Crippen molar-refractivity contribution in [2.45, 2.75) is 6.18 Å². The number of carbonyl (C=O) groups is 2. The van der Waals surface area contributed by atoms with Gasteiger partial charge in [-0.1, -0.05) is 6.07 Å². The fourth-order valence-electron chi connectivity index (χ4n) is 1.71. The van der Waals surface area contributed by atoms with Gasteiger partial charge in [-0.25, -0.2) is 14.0 Å². The van der Waals surface area contributed by atoms with Crippen molar-refractivity contribution in [3.05, 3.63) is 46.3 Å². The molecule has 0 bridgehead atoms. The van der Waals surface area contributed by atoms with Crippen molar-refractivity contribution in [2.75, 3.05) is 10.6 Å². The Morgan fingerprint density at radius 3 is 2.67 bits per heavy atom. The largest absolute Gasteiger partial charge is 0.740 e. The molecule has 1 unspecified atom stereocenters. The lowest BCUT2D eigenvalue weighted by Gasteiger charge is -2.14. The molecule has 0 radical (unpaired) electrons. The summed E-state index contributed by atoms with van der Waals surface area (Å²) in [6, 6.07) is 3.99. The van der Waals surface area contributed by atoms with E-state index >= 15 is 0 Å². The number of alkyl halides is 3. The second-order valence-corrected chi connectivity index (χ2v) is 6.21. The van der Waals surface area contributed by atoms with Gasteiger partial charge in [-0.3, -0.25) is 10.1 Å². The molecule has 0 saturated heterocycles. The SMILES string of the molecule is O=C(C=Cc1cccs1)Nc1cc(C(F)(F)F)cnc1NC(=O)OS(=O)[O-]. The fourth-order valence-corrected chi connectivity index (χ4v) is 2.50. The van der Waals surface area contributed by atoms with Gasteiger partial charge in [0.15, 0.2) is 5.82 Å². The fraction of sp³-hybridized carbons (Fsp3) is 0.0714. The number of anilines is 2. The van der Waals surface area contributed by atoms with Gasteiger partial charge in [0.05, 0.1) is 11.3 Å². The zero-order chi connectivity index (χ0) is 20.0. The maximum Gasteiger partial charge on any atom is 0.426 e. The van der Waals surface area contributed by atoms with Gasteiger partial charge in [0, 0.05) is 17.2 Å². The number of rotatable bonds is 5. The summed E-state index contributed by atoms with van der Waals surface area (Å²) < 4.78 is 63.0. The van der Waals surface area contributed by atoms with Crippen molar-refractivity contribution in [1.29, 1.82) is 0 Å². The molecule has 27 heavy (non-hydrogen) atoms. The van der Waals surface area contributed by atoms with E-state index in [1.54, 1.807) is 17.5 Å². The van der Waals surface area contributed by atoms with Gasteiger partial charge in [0.25, 0.3) is 0 Å². The molecular formula is C14H9F3N3O5S2-. The molecule has 0 spiro atoms. The van der Waals surface area contributed by atoms with E-state index in [4.69, 9.17) is 0 Å². The van der Waals surface area contributed by atoms with Gasteiger partial charge in [0.2, 0.25) is 5.91 Å². The highest BCUT2D eigenvalue weighted by Crippen LogP contribution is 2.32. The number of nitrogens with zero attached hydrogens (tertiary/aromatic N) is 1. The topological polar surface area (TPSA) is 120 Å². The lowest BCUT2D eigenvalue weighted by atomic mass is 10.2. The van der Waals surface area contributed by atoms with E-state index in [-0.39, 0.29) is 0 Å². The van der Waals surface area contributed by atoms with Gasteiger partial charge < -0.3 is 14.1 Å². The van der Waals surface area contributed by atoms with Crippen LogP contribution in [-0.4, -0.2) is 25.7 Å². The Kier molecular flexibility index (Phi) is 6.65. The number of pyridine rings is 1. The molecule has 0 aliphatic heterocycles. The molecule has 8 nitrogen and oxygen atoms in total. The van der Waals surface area contributed by atoms with E-state index in [0.717, 1.165) is 11.0 Å². The summed E-state index contributed by atoms with van der Waals surface area (Å²) in [7, 11) is 0. The number of nitrogens with one attached hydrogen (secondary N) is 2. The summed E-state index contributed by atoms with van der Waals surface area (Å²) in [5.41, 5.74) is -1.69. The Morgan fingerprint density at radius 2 is 2.07 bits per heavy atom. The zero-order valence-electron chi connectivity index (χ0n) is 13.0. The summed E-state index contributed by atoms with van der Waals surface area (Å²) in [5.74, 6) is -1.33. The molecule has 13 heteroatoms. The minimum Gasteiger partial charge on any atom is -0.740 e. The molecule has 0 aliphatic carbocycles. The molecule has 2 aromatic rings. The highest BCUT2D eigenvalue weighted by molar-refractivity contribution is 7.74. The van der Waals surface area contributed by atoms with Crippen LogP contribution in [0.3, 0.4) is 0 Å². The zero-order valence-corrected chi connectivity index (χ0v) is 14.6. The molecule has 2 aromatic heterocycles. The first kappa shape index (κ1) is 20.5. The van der Waals surface area contributed by atoms with Crippen molar-refractivity contribution >= 4 is 52.3 Å². The summed E-state index contributed by atoms with van der Waals surface area (Å²) in [4.78, 5) is 27.4. The molecule has 2 amide bonds. The number of carbonyl (C=O) groups excluding carboxylic acids is 2. The predicted octanol–water partition coefficient (Wildman–Crippen LogP) is 3.16. The van der Waals surface area contributed by atoms with E-state index in [9.17, 15) is 31.5 Å². The highest BCUT2D eigenvalue weighted by atomic mass is 32.2. The molecule has 144 valence electrons. The normalized spacial score (nSPS) is 12.6. The van der Waals surface area contributed by atoms with Crippen LogP contribution in [0.1, 0.15) is 10.4 Å². The van der Waals surface area contributed by atoms with E-state index in [1.165, 1.54) is 17.4 Å². The van der Waals surface area contributed by atoms with Crippen LogP contribution in [0.4, 0.5) is 29.5 Å². The van der Waals surface area contributed by atoms with E-state index < -0.39 is 46.6 Å². The first-order valence-electron chi connectivity index (χ1n) is 6.83. The smallest absolute Gasteiger partial charge is 0.426 e. The van der Waals surface area contributed by atoms with Crippen molar-refractivity contribution in [1.82, 2.24) is 4.98 Å². The van der Waals surface area contributed by atoms with E-state index in [2.05, 4.69) is 14.5 Å². The van der Waals surface area contributed by atoms with Crippen LogP contribution in [0.25, 0.3) is 6.08 Å². The Balaban J connectivity index is 2.24. The number of aromatic nitrogens is 1. The third-order valence-corrected chi connectivity index (χ3v) is 3.90. The number of hydrogen-bond acceptors (Lipinski definition) is 7. The van der Waals surface area contributed by atoms with Crippen molar-refractivity contribution in [3.63, 3.8) is 0 Å². The maximum absolute atomic E-state index is 12.8. The Morgan fingerprint density at radius 1 is 1.33 bits per heavy atom. The molecule has 0 fully saturated rings. The standard InChI is InChI=1S/C14H10F3N3O5S2/c15-14(16,17)8-6-10(12(18-7-8)20-13(22)25-27(23)24)19-11(21)4-3-9-2-1-5-26-9/h1-7H,(H,19,21)(H,23,24)(H,18,20,22)/p-1. The van der Waals surface area contributed by atoms with Gasteiger partial charge in [-0.15, -0.1) is 11.3 Å². The molecule has 2 heterocycles. The Hall–Kier alpha value is -2.77. The summed E-state index contributed by atoms with van der Waals surface area (Å²) in [6.07, 6.45) is -3.36. The number of thiophene rings is 1. The molecule has 2 N–H and O–H groups in total. The van der Waals surface area contributed by atoms with Gasteiger partial charge >= 0.3 is 12.3 Å². The molecule has 0 saturated carbocycles. The van der Waals surface area contributed by atoms with Gasteiger partial charge in [0.1, 0.15) is 11.4 Å². The molecule has 0 aromatic carbocycles. The number of amides is 2. The van der Waals surface area contributed by atoms with Gasteiger partial charge in [-0.2, -0.15) is 13.2 Å². The lowest BCUT2D eigenvalue weighted by molar-refractivity contribution is -0.137. The van der Waals surface area contributed by atoms with Crippen LogP contribution in [-0.2, 0) is 26.5 Å². The van der Waals surface area contributed by atoms with Crippen LogP contribution >= 0.6 is 11.3 Å². The molecular weight excluding hydrogens is 411 g/mol. The minimum atomic E-state index is -4.76. The second kappa shape index (κ2) is 8.75. The van der Waals surface area contributed by atoms with Gasteiger partial charge in [-0.05, 0) is 23.6 Å². The molecule has 0 aliphatic rings. The first-order valence-corrected chi connectivity index (χ1v) is 8.71. The number of halogens is 3. The molecule has 2 rings (SSSR count). The van der Waals surface area contributed by atoms with Crippen LogP contribution in [0.15, 0.2) is 35.9 Å². The summed E-state index contributed by atoms with van der Waals surface area (Å²) >= 11 is -1.86. The van der Waals surface area contributed by atoms with E-state index in [1.807, 2.05) is 5.32 Å². The third kappa shape index (κ3) is 6.47. The van der Waals surface area contributed by atoms with E-state index in [0.29, 0.717) is 12.3 Å². The predicted molar refractivity (Wildman–Crippen MR) is 90.2 cm³/mol. The van der Waals surface area contributed by atoms with Crippen LogP contribution < -0.4 is 10.6 Å².